The molecule has 0 spiro atoms. The molecule has 0 bridgehead atoms. The molecule has 2 fully saturated rings. The van der Waals surface area contributed by atoms with Gasteiger partial charge >= 0.3 is 37.9 Å². The molecule has 0 atom stereocenters. The molecule has 0 aliphatic heterocycles. The maximum absolute atomic E-state index is 4.93. The van der Waals surface area contributed by atoms with Crippen molar-refractivity contribution in [3.8, 4) is 0 Å². The van der Waals surface area contributed by atoms with Crippen LogP contribution in [0.25, 0.3) is 0 Å². The van der Waals surface area contributed by atoms with E-state index in [0.717, 1.165) is 12.8 Å². The predicted octanol–water partition coefficient (Wildman–Crippen LogP) is 8.14. The molecule has 146 valence electrons. The van der Waals surface area contributed by atoms with E-state index < -0.39 is 20.8 Å². The fraction of sp³-hybridized carbons (Fsp3) is 0.417. The predicted molar refractivity (Wildman–Crippen MR) is 119 cm³/mol. The molecular formula is C24H34Cl2Zr+2. The molecule has 0 amide bonds. The van der Waals surface area contributed by atoms with Crippen molar-refractivity contribution in [2.24, 2.45) is 10.8 Å². The van der Waals surface area contributed by atoms with Crippen molar-refractivity contribution in [1.82, 2.24) is 0 Å². The Bertz CT molecular complexity index is 342. The first kappa shape index (κ1) is 27.9. The van der Waals surface area contributed by atoms with Crippen molar-refractivity contribution >= 4 is 17.0 Å². The fourth-order valence-electron chi connectivity index (χ4n) is 2.86. The van der Waals surface area contributed by atoms with Crippen LogP contribution in [0.2, 0.25) is 0 Å². The Morgan fingerprint density at radius 2 is 1.00 bits per heavy atom. The normalized spacial score (nSPS) is 18.0. The second-order valence-electron chi connectivity index (χ2n) is 7.84. The van der Waals surface area contributed by atoms with Crippen LogP contribution < -0.4 is 0 Å². The van der Waals surface area contributed by atoms with Crippen molar-refractivity contribution < 1.29 is 20.8 Å². The van der Waals surface area contributed by atoms with Gasteiger partial charge in [-0.25, -0.2) is 0 Å². The van der Waals surface area contributed by atoms with Gasteiger partial charge in [0.05, 0.1) is 0 Å². The zero-order chi connectivity index (χ0) is 20.8. The average Bonchev–Trinajstić information content (AvgIpc) is 3.33. The fourth-order valence-corrected chi connectivity index (χ4v) is 2.86. The minimum absolute atomic E-state index is 0.303. The quantitative estimate of drug-likeness (QED) is 0.305. The molecule has 0 heterocycles. The van der Waals surface area contributed by atoms with Gasteiger partial charge in [-0.05, 0) is 99.7 Å². The molecule has 0 aromatic heterocycles. The van der Waals surface area contributed by atoms with Crippen molar-refractivity contribution in [2.75, 3.05) is 0 Å². The van der Waals surface area contributed by atoms with Gasteiger partial charge in [-0.2, -0.15) is 0 Å². The van der Waals surface area contributed by atoms with Gasteiger partial charge in [0.15, 0.2) is 0 Å². The summed E-state index contributed by atoms with van der Waals surface area (Å²) >= 11 is -0.826. The Balaban J connectivity index is 0.000000438. The minimum atomic E-state index is -0.826. The number of hydrogen-bond acceptors (Lipinski definition) is 0. The summed E-state index contributed by atoms with van der Waals surface area (Å²) in [6.45, 7) is 16.6. The van der Waals surface area contributed by atoms with Gasteiger partial charge in [0.25, 0.3) is 0 Å². The Hall–Kier alpha value is 0.943. The van der Waals surface area contributed by atoms with Crippen LogP contribution in [0, 0.1) is 74.0 Å². The standard InChI is InChI=1S/2C12H17.2ClH.Zr/c2*1-4-5-10-12(2,3)11-8-6-7-9-11;;;/h2*4,6-9H,1,5,10H2,2-3H3;2*1H;/q;;;;+4/p-2. The molecule has 27 heavy (non-hydrogen) atoms. The van der Waals surface area contributed by atoms with Crippen molar-refractivity contribution in [1.29, 1.82) is 0 Å². The van der Waals surface area contributed by atoms with Crippen molar-refractivity contribution in [3.05, 3.63) is 88.5 Å². The van der Waals surface area contributed by atoms with Crippen LogP contribution in [-0.2, 0) is 20.8 Å². The van der Waals surface area contributed by atoms with E-state index >= 15 is 0 Å². The number of halogens is 2. The molecule has 2 rings (SSSR count). The first-order valence-electron chi connectivity index (χ1n) is 9.37. The van der Waals surface area contributed by atoms with E-state index in [2.05, 4.69) is 92.2 Å². The van der Waals surface area contributed by atoms with Crippen LogP contribution in [0.3, 0.4) is 0 Å². The number of hydrogen-bond donors (Lipinski definition) is 0. The molecule has 2 aliphatic carbocycles. The van der Waals surface area contributed by atoms with Crippen LogP contribution in [0.5, 0.6) is 0 Å². The van der Waals surface area contributed by atoms with Gasteiger partial charge in [-0.3, -0.25) is 0 Å². The first-order chi connectivity index (χ1) is 12.7. The Kier molecular flexibility index (Phi) is 16.3. The molecule has 3 heteroatoms. The summed E-state index contributed by atoms with van der Waals surface area (Å²) < 4.78 is 0. The van der Waals surface area contributed by atoms with Gasteiger partial charge < -0.3 is 0 Å². The van der Waals surface area contributed by atoms with Crippen LogP contribution in [0.1, 0.15) is 53.4 Å². The third-order valence-corrected chi connectivity index (χ3v) is 4.84. The second kappa shape index (κ2) is 15.7. The van der Waals surface area contributed by atoms with E-state index in [4.69, 9.17) is 17.0 Å². The first-order valence-corrected chi connectivity index (χ1v) is 15.7. The number of rotatable bonds is 8. The Labute approximate surface area is 189 Å². The summed E-state index contributed by atoms with van der Waals surface area (Å²) in [5.74, 6) is 2.87. The second-order valence-corrected chi connectivity index (χ2v) is 11.6. The van der Waals surface area contributed by atoms with E-state index in [1.807, 2.05) is 12.2 Å². The summed E-state index contributed by atoms with van der Waals surface area (Å²) in [6, 6.07) is 0. The molecule has 0 nitrogen and oxygen atoms in total. The van der Waals surface area contributed by atoms with Crippen LogP contribution >= 0.6 is 17.0 Å². The van der Waals surface area contributed by atoms with Gasteiger partial charge in [-0.15, -0.1) is 13.2 Å². The Morgan fingerprint density at radius 1 is 0.741 bits per heavy atom. The number of allylic oxidation sites excluding steroid dienone is 2. The molecule has 0 aromatic carbocycles. The van der Waals surface area contributed by atoms with E-state index in [1.54, 1.807) is 0 Å². The van der Waals surface area contributed by atoms with Gasteiger partial charge in [0, 0.05) is 0 Å². The maximum atomic E-state index is 4.93. The van der Waals surface area contributed by atoms with E-state index in [1.165, 1.54) is 24.7 Å². The SMILES string of the molecule is C=CCCC(C)(C)[C]1[CH][CH][CH][CH]1.C=CCCC(C)(C)[C]1[CH][CH][CH][CH]1.[Cl][Zr+2][Cl]. The summed E-state index contributed by atoms with van der Waals surface area (Å²) in [5, 5.41) is 0. The zero-order valence-corrected chi connectivity index (χ0v) is 21.2. The summed E-state index contributed by atoms with van der Waals surface area (Å²) in [7, 11) is 9.87. The average molecular weight is 485 g/mol. The topological polar surface area (TPSA) is 0 Å². The van der Waals surface area contributed by atoms with Gasteiger partial charge in [-0.1, -0.05) is 39.8 Å². The van der Waals surface area contributed by atoms with E-state index in [9.17, 15) is 0 Å². The molecule has 2 aliphatic rings. The van der Waals surface area contributed by atoms with Crippen LogP contribution in [0.4, 0.5) is 0 Å². The zero-order valence-electron chi connectivity index (χ0n) is 17.3. The van der Waals surface area contributed by atoms with Crippen molar-refractivity contribution in [2.45, 2.75) is 53.4 Å². The summed E-state index contributed by atoms with van der Waals surface area (Å²) in [5.41, 5.74) is 0.607. The van der Waals surface area contributed by atoms with E-state index in [0.29, 0.717) is 10.8 Å². The molecule has 0 aromatic rings. The Morgan fingerprint density at radius 3 is 1.22 bits per heavy atom. The van der Waals surface area contributed by atoms with Crippen LogP contribution in [-0.4, -0.2) is 0 Å². The molecule has 0 saturated heterocycles. The van der Waals surface area contributed by atoms with Crippen LogP contribution in [0.15, 0.2) is 25.3 Å². The molecular weight excluding hydrogens is 450 g/mol. The third kappa shape index (κ3) is 12.3. The molecule has 10 radical (unpaired) electrons. The van der Waals surface area contributed by atoms with Gasteiger partial charge in [0.2, 0.25) is 0 Å². The van der Waals surface area contributed by atoms with E-state index in [-0.39, 0.29) is 0 Å². The summed E-state index contributed by atoms with van der Waals surface area (Å²) in [4.78, 5) is 0. The van der Waals surface area contributed by atoms with Crippen molar-refractivity contribution in [3.63, 3.8) is 0 Å². The monoisotopic (exact) mass is 482 g/mol. The molecule has 2 saturated carbocycles. The molecule has 0 unspecified atom stereocenters. The summed E-state index contributed by atoms with van der Waals surface area (Å²) in [6.07, 6.45) is 25.7. The third-order valence-electron chi connectivity index (χ3n) is 4.84. The van der Waals surface area contributed by atoms with Gasteiger partial charge in [0.1, 0.15) is 0 Å². The molecule has 0 N–H and O–H groups in total.